The number of thiophene rings is 1. The molecule has 0 saturated heterocycles. The van der Waals surface area contributed by atoms with Gasteiger partial charge >= 0.3 is 0 Å². The Morgan fingerprint density at radius 1 is 1.18 bits per heavy atom. The molecule has 1 N–H and O–H groups in total. The Morgan fingerprint density at radius 2 is 2.00 bits per heavy atom. The number of hydrogen-bond donors (Lipinski definition) is 1. The van der Waals surface area contributed by atoms with E-state index in [4.69, 9.17) is 4.74 Å². The van der Waals surface area contributed by atoms with Crippen molar-refractivity contribution in [1.82, 2.24) is 14.8 Å². The van der Waals surface area contributed by atoms with Gasteiger partial charge in [-0.3, -0.25) is 14.8 Å². The second-order valence-electron chi connectivity index (χ2n) is 6.25. The van der Waals surface area contributed by atoms with Crippen molar-refractivity contribution >= 4 is 33.7 Å². The van der Waals surface area contributed by atoms with E-state index in [0.29, 0.717) is 16.6 Å². The zero-order valence-corrected chi connectivity index (χ0v) is 17.0. The third kappa shape index (κ3) is 4.13. The number of nitrogens with one attached hydrogen (secondary N) is 1. The van der Waals surface area contributed by atoms with Crippen LogP contribution in [0.4, 0.5) is 5.13 Å². The zero-order chi connectivity index (χ0) is 19.5. The third-order valence-corrected chi connectivity index (χ3v) is 5.85. The topological polar surface area (TPSA) is 69.0 Å². The van der Waals surface area contributed by atoms with Gasteiger partial charge in [0.1, 0.15) is 18.1 Å². The lowest BCUT2D eigenvalue weighted by Crippen LogP contribution is -2.10. The number of anilines is 1. The predicted octanol–water partition coefficient (Wildman–Crippen LogP) is 4.74. The van der Waals surface area contributed by atoms with Crippen molar-refractivity contribution in [3.63, 3.8) is 0 Å². The highest BCUT2D eigenvalue weighted by Crippen LogP contribution is 2.25. The van der Waals surface area contributed by atoms with Gasteiger partial charge in [-0.15, -0.1) is 22.7 Å². The molecule has 0 aliphatic heterocycles. The number of ether oxygens (including phenoxy) is 1. The Balaban J connectivity index is 1.37. The molecular formula is C20H18N4O2S2. The van der Waals surface area contributed by atoms with Crippen LogP contribution in [0.3, 0.4) is 0 Å². The van der Waals surface area contributed by atoms with Crippen LogP contribution in [0.25, 0.3) is 11.4 Å². The van der Waals surface area contributed by atoms with E-state index in [-0.39, 0.29) is 5.91 Å². The van der Waals surface area contributed by atoms with Crippen LogP contribution in [-0.4, -0.2) is 20.7 Å². The lowest BCUT2D eigenvalue weighted by Gasteiger charge is -2.04. The molecule has 0 bridgehead atoms. The van der Waals surface area contributed by atoms with Crippen molar-refractivity contribution in [2.75, 3.05) is 5.32 Å². The average molecular weight is 411 g/mol. The molecule has 1 aromatic carbocycles. The third-order valence-electron chi connectivity index (χ3n) is 4.11. The van der Waals surface area contributed by atoms with E-state index in [1.54, 1.807) is 10.9 Å². The number of hydrogen-bond acceptors (Lipinski definition) is 6. The molecule has 3 heterocycles. The Kier molecular flexibility index (Phi) is 5.23. The fourth-order valence-electron chi connectivity index (χ4n) is 2.60. The van der Waals surface area contributed by atoms with E-state index in [2.05, 4.69) is 15.4 Å². The predicted molar refractivity (Wildman–Crippen MR) is 112 cm³/mol. The first-order valence-corrected chi connectivity index (χ1v) is 10.4. The molecule has 0 aliphatic carbocycles. The molecule has 0 fully saturated rings. The molecule has 1 amide bonds. The van der Waals surface area contributed by atoms with Crippen molar-refractivity contribution in [3.8, 4) is 17.1 Å². The maximum absolute atomic E-state index is 12.5. The first-order chi connectivity index (χ1) is 13.6. The Morgan fingerprint density at radius 3 is 2.75 bits per heavy atom. The number of nitrogens with zero attached hydrogens (tertiary/aromatic N) is 3. The Bertz CT molecular complexity index is 1100. The van der Waals surface area contributed by atoms with Gasteiger partial charge in [0, 0.05) is 24.2 Å². The van der Waals surface area contributed by atoms with E-state index >= 15 is 0 Å². The van der Waals surface area contributed by atoms with E-state index in [9.17, 15) is 4.79 Å². The maximum atomic E-state index is 12.5. The van der Waals surface area contributed by atoms with Gasteiger partial charge in [-0.05, 0) is 36.6 Å². The standard InChI is InChI=1S/C20H18N4O2S2/c1-13-3-5-15(6-4-13)26-10-14-9-18(27-11-14)19(25)23-20-22-16(12-28-20)17-7-8-21-24(17)2/h3-9,11-12H,10H2,1-2H3,(H,22,23,25). The minimum Gasteiger partial charge on any atom is -0.489 e. The molecule has 6 nitrogen and oxygen atoms in total. The summed E-state index contributed by atoms with van der Waals surface area (Å²) in [5.74, 6) is 0.644. The summed E-state index contributed by atoms with van der Waals surface area (Å²) in [6.45, 7) is 2.46. The highest BCUT2D eigenvalue weighted by molar-refractivity contribution is 7.14. The summed E-state index contributed by atoms with van der Waals surface area (Å²) in [4.78, 5) is 17.6. The Hall–Kier alpha value is -2.97. The molecule has 3 aromatic heterocycles. The van der Waals surface area contributed by atoms with Gasteiger partial charge in [-0.25, -0.2) is 4.98 Å². The number of thiazole rings is 1. The highest BCUT2D eigenvalue weighted by Gasteiger charge is 2.13. The molecule has 0 atom stereocenters. The number of amides is 1. The van der Waals surface area contributed by atoms with Gasteiger partial charge in [0.05, 0.1) is 10.6 Å². The van der Waals surface area contributed by atoms with Crippen molar-refractivity contribution in [2.45, 2.75) is 13.5 Å². The molecule has 0 radical (unpaired) electrons. The summed E-state index contributed by atoms with van der Waals surface area (Å²) in [6, 6.07) is 11.6. The highest BCUT2D eigenvalue weighted by atomic mass is 32.1. The molecule has 28 heavy (non-hydrogen) atoms. The van der Waals surface area contributed by atoms with Crippen LogP contribution in [0.2, 0.25) is 0 Å². The number of carbonyl (C=O) groups excluding carboxylic acids is 1. The van der Waals surface area contributed by atoms with Gasteiger partial charge < -0.3 is 4.74 Å². The fraction of sp³-hybridized carbons (Fsp3) is 0.150. The summed E-state index contributed by atoms with van der Waals surface area (Å²) in [7, 11) is 1.86. The summed E-state index contributed by atoms with van der Waals surface area (Å²) >= 11 is 2.78. The molecular weight excluding hydrogens is 392 g/mol. The van der Waals surface area contributed by atoms with Crippen LogP contribution in [0, 0.1) is 6.92 Å². The largest absolute Gasteiger partial charge is 0.489 e. The number of benzene rings is 1. The van der Waals surface area contributed by atoms with Crippen LogP contribution in [0.1, 0.15) is 20.8 Å². The molecule has 142 valence electrons. The molecule has 0 unspecified atom stereocenters. The van der Waals surface area contributed by atoms with Crippen molar-refractivity contribution in [1.29, 1.82) is 0 Å². The molecule has 4 rings (SSSR count). The van der Waals surface area contributed by atoms with E-state index in [1.165, 1.54) is 28.2 Å². The molecule has 8 heteroatoms. The normalized spacial score (nSPS) is 10.8. The van der Waals surface area contributed by atoms with Crippen LogP contribution < -0.4 is 10.1 Å². The quantitative estimate of drug-likeness (QED) is 0.498. The maximum Gasteiger partial charge on any atom is 0.267 e. The number of aromatic nitrogens is 3. The molecule has 0 saturated carbocycles. The summed E-state index contributed by atoms with van der Waals surface area (Å²) in [5.41, 5.74) is 3.85. The van der Waals surface area contributed by atoms with Crippen molar-refractivity contribution in [3.05, 3.63) is 69.4 Å². The molecule has 4 aromatic rings. The van der Waals surface area contributed by atoms with Crippen LogP contribution in [0.5, 0.6) is 5.75 Å². The first kappa shape index (κ1) is 18.4. The van der Waals surface area contributed by atoms with Crippen LogP contribution >= 0.6 is 22.7 Å². The van der Waals surface area contributed by atoms with E-state index < -0.39 is 0 Å². The van der Waals surface area contributed by atoms with Crippen molar-refractivity contribution in [2.24, 2.45) is 7.05 Å². The van der Waals surface area contributed by atoms with Gasteiger partial charge in [-0.2, -0.15) is 5.10 Å². The number of carbonyl (C=O) groups is 1. The minimum absolute atomic E-state index is 0.169. The van der Waals surface area contributed by atoms with E-state index in [0.717, 1.165) is 22.7 Å². The van der Waals surface area contributed by atoms with Gasteiger partial charge in [-0.1, -0.05) is 17.7 Å². The van der Waals surface area contributed by atoms with Crippen molar-refractivity contribution < 1.29 is 9.53 Å². The average Bonchev–Trinajstić information content (AvgIpc) is 3.42. The van der Waals surface area contributed by atoms with Gasteiger partial charge in [0.2, 0.25) is 0 Å². The molecule has 0 spiro atoms. The van der Waals surface area contributed by atoms with Crippen LogP contribution in [-0.2, 0) is 13.7 Å². The molecule has 0 aliphatic rings. The van der Waals surface area contributed by atoms with Gasteiger partial charge in [0.25, 0.3) is 5.91 Å². The minimum atomic E-state index is -0.169. The number of rotatable bonds is 6. The lowest BCUT2D eigenvalue weighted by molar-refractivity contribution is 0.103. The summed E-state index contributed by atoms with van der Waals surface area (Å²) < 4.78 is 7.52. The second-order valence-corrected chi connectivity index (χ2v) is 8.02. The smallest absolute Gasteiger partial charge is 0.267 e. The summed E-state index contributed by atoms with van der Waals surface area (Å²) in [6.07, 6.45) is 1.72. The fourth-order valence-corrected chi connectivity index (χ4v) is 4.10. The summed E-state index contributed by atoms with van der Waals surface area (Å²) in [5, 5.41) is 11.4. The number of aryl methyl sites for hydroxylation is 2. The monoisotopic (exact) mass is 410 g/mol. The van der Waals surface area contributed by atoms with Crippen LogP contribution in [0.15, 0.2) is 53.4 Å². The Labute approximate surface area is 170 Å². The SMILES string of the molecule is Cc1ccc(OCc2csc(C(=O)Nc3nc(-c4ccnn4C)cs3)c2)cc1. The van der Waals surface area contributed by atoms with Gasteiger partial charge in [0.15, 0.2) is 5.13 Å². The lowest BCUT2D eigenvalue weighted by atomic mass is 10.2. The zero-order valence-electron chi connectivity index (χ0n) is 15.4. The second kappa shape index (κ2) is 7.95. The first-order valence-electron chi connectivity index (χ1n) is 8.60. The van der Waals surface area contributed by atoms with E-state index in [1.807, 2.05) is 61.1 Å².